The van der Waals surface area contributed by atoms with Crippen LogP contribution in [0.15, 0.2) is 16.6 Å². The van der Waals surface area contributed by atoms with Gasteiger partial charge in [0.05, 0.1) is 0 Å². The Morgan fingerprint density at radius 3 is 1.77 bits per heavy atom. The molecule has 0 unspecified atom stereocenters. The standard InChI is InChI=1S/C10H19N.C2H6/c1-6-10(8(2)3)7-11-9(4)5;1-2/h6-9H,1-5H3;1-2H3/b10-6+,11-7?;. The summed E-state index contributed by atoms with van der Waals surface area (Å²) in [4.78, 5) is 4.32. The molecule has 1 heteroatoms. The van der Waals surface area contributed by atoms with Crippen molar-refractivity contribution in [1.29, 1.82) is 0 Å². The molecule has 0 fully saturated rings. The van der Waals surface area contributed by atoms with Gasteiger partial charge in [0, 0.05) is 12.3 Å². The van der Waals surface area contributed by atoms with Gasteiger partial charge in [-0.3, -0.25) is 4.99 Å². The van der Waals surface area contributed by atoms with Crippen LogP contribution in [0.1, 0.15) is 48.5 Å². The van der Waals surface area contributed by atoms with Crippen LogP contribution in [-0.4, -0.2) is 12.3 Å². The second-order valence-corrected chi connectivity index (χ2v) is 3.32. The van der Waals surface area contributed by atoms with Gasteiger partial charge < -0.3 is 0 Å². The van der Waals surface area contributed by atoms with Gasteiger partial charge in [0.25, 0.3) is 0 Å². The van der Waals surface area contributed by atoms with Gasteiger partial charge in [-0.15, -0.1) is 0 Å². The Bertz CT molecular complexity index is 153. The third-order valence-corrected chi connectivity index (χ3v) is 1.52. The predicted octanol–water partition coefficient (Wildman–Crippen LogP) is 4.09. The van der Waals surface area contributed by atoms with E-state index in [1.54, 1.807) is 0 Å². The highest BCUT2D eigenvalue weighted by Crippen LogP contribution is 2.06. The minimum atomic E-state index is 0.406. The summed E-state index contributed by atoms with van der Waals surface area (Å²) in [5, 5.41) is 0. The highest BCUT2D eigenvalue weighted by Gasteiger charge is 1.97. The van der Waals surface area contributed by atoms with Crippen molar-refractivity contribution in [3.8, 4) is 0 Å². The number of hydrogen-bond donors (Lipinski definition) is 0. The lowest BCUT2D eigenvalue weighted by Crippen LogP contribution is -1.97. The summed E-state index contributed by atoms with van der Waals surface area (Å²) in [6, 6.07) is 0.406. The molecule has 0 bridgehead atoms. The van der Waals surface area contributed by atoms with E-state index in [0.29, 0.717) is 12.0 Å². The molecule has 0 aromatic heterocycles. The number of hydrogen-bond acceptors (Lipinski definition) is 1. The minimum Gasteiger partial charge on any atom is -0.290 e. The lowest BCUT2D eigenvalue weighted by Gasteiger charge is -2.04. The summed E-state index contributed by atoms with van der Waals surface area (Å²) in [7, 11) is 0. The molecule has 1 nitrogen and oxygen atoms in total. The largest absolute Gasteiger partial charge is 0.290 e. The van der Waals surface area contributed by atoms with Gasteiger partial charge in [0.15, 0.2) is 0 Å². The number of rotatable bonds is 3. The maximum Gasteiger partial charge on any atom is 0.0443 e. The lowest BCUT2D eigenvalue weighted by atomic mass is 10.0. The van der Waals surface area contributed by atoms with Crippen molar-refractivity contribution >= 4 is 6.21 Å². The quantitative estimate of drug-likeness (QED) is 0.584. The third kappa shape index (κ3) is 9.32. The number of aliphatic imine (C=N–C) groups is 1. The second kappa shape index (κ2) is 9.50. The van der Waals surface area contributed by atoms with E-state index in [-0.39, 0.29) is 0 Å². The van der Waals surface area contributed by atoms with Crippen LogP contribution in [0, 0.1) is 5.92 Å². The Kier molecular flexibility index (Phi) is 10.9. The van der Waals surface area contributed by atoms with Crippen LogP contribution in [0.5, 0.6) is 0 Å². The topological polar surface area (TPSA) is 12.4 Å². The van der Waals surface area contributed by atoms with E-state index in [0.717, 1.165) is 0 Å². The van der Waals surface area contributed by atoms with Crippen LogP contribution < -0.4 is 0 Å². The SMILES string of the molecule is C/C=C(\C=NC(C)C)C(C)C.CC. The van der Waals surface area contributed by atoms with Crippen LogP contribution in [0.4, 0.5) is 0 Å². The first-order chi connectivity index (χ1) is 6.07. The Morgan fingerprint density at radius 1 is 1.08 bits per heavy atom. The molecule has 0 saturated heterocycles. The second-order valence-electron chi connectivity index (χ2n) is 3.32. The molecule has 0 amide bonds. The molecule has 0 aromatic carbocycles. The zero-order chi connectivity index (χ0) is 10.9. The van der Waals surface area contributed by atoms with Crippen molar-refractivity contribution < 1.29 is 0 Å². The van der Waals surface area contributed by atoms with E-state index in [9.17, 15) is 0 Å². The molecule has 0 atom stereocenters. The fourth-order valence-corrected chi connectivity index (χ4v) is 0.792. The van der Waals surface area contributed by atoms with Crippen LogP contribution in [-0.2, 0) is 0 Å². The summed E-state index contributed by atoms with van der Waals surface area (Å²) < 4.78 is 0. The van der Waals surface area contributed by atoms with Gasteiger partial charge >= 0.3 is 0 Å². The summed E-state index contributed by atoms with van der Waals surface area (Å²) >= 11 is 0. The fraction of sp³-hybridized carbons (Fsp3) is 0.750. The molecule has 0 aliphatic heterocycles. The van der Waals surface area contributed by atoms with E-state index in [4.69, 9.17) is 0 Å². The molecule has 0 radical (unpaired) electrons. The third-order valence-electron chi connectivity index (χ3n) is 1.52. The van der Waals surface area contributed by atoms with Gasteiger partial charge in [0.2, 0.25) is 0 Å². The summed E-state index contributed by atoms with van der Waals surface area (Å²) in [5.74, 6) is 0.586. The van der Waals surface area contributed by atoms with Crippen molar-refractivity contribution in [2.24, 2.45) is 10.9 Å². The fourth-order valence-electron chi connectivity index (χ4n) is 0.792. The molecule has 0 rings (SSSR count). The molecule has 0 aliphatic carbocycles. The molecule has 13 heavy (non-hydrogen) atoms. The normalized spacial score (nSPS) is 12.2. The monoisotopic (exact) mass is 183 g/mol. The van der Waals surface area contributed by atoms with Gasteiger partial charge in [-0.1, -0.05) is 33.8 Å². The molecule has 0 saturated carbocycles. The highest BCUT2D eigenvalue weighted by atomic mass is 14.7. The van der Waals surface area contributed by atoms with E-state index in [1.807, 2.05) is 20.1 Å². The number of allylic oxidation sites excluding steroid dienone is 2. The van der Waals surface area contributed by atoms with E-state index in [2.05, 4.69) is 45.7 Å². The number of nitrogens with zero attached hydrogens (tertiary/aromatic N) is 1. The summed E-state index contributed by atoms with van der Waals surface area (Å²) in [5.41, 5.74) is 1.32. The van der Waals surface area contributed by atoms with Crippen molar-refractivity contribution in [1.82, 2.24) is 0 Å². The molecular weight excluding hydrogens is 158 g/mol. The lowest BCUT2D eigenvalue weighted by molar-refractivity contribution is 0.793. The van der Waals surface area contributed by atoms with Gasteiger partial charge in [-0.05, 0) is 32.3 Å². The summed E-state index contributed by atoms with van der Waals surface area (Å²) in [6.45, 7) is 14.6. The first kappa shape index (κ1) is 14.9. The van der Waals surface area contributed by atoms with E-state index in [1.165, 1.54) is 5.57 Å². The van der Waals surface area contributed by atoms with Crippen LogP contribution >= 0.6 is 0 Å². The van der Waals surface area contributed by atoms with Crippen LogP contribution in [0.25, 0.3) is 0 Å². The smallest absolute Gasteiger partial charge is 0.0443 e. The van der Waals surface area contributed by atoms with Crippen molar-refractivity contribution in [2.75, 3.05) is 0 Å². The molecular formula is C12H25N. The van der Waals surface area contributed by atoms with Crippen molar-refractivity contribution in [3.63, 3.8) is 0 Å². The molecule has 0 heterocycles. The maximum absolute atomic E-state index is 4.32. The van der Waals surface area contributed by atoms with Gasteiger partial charge in [-0.25, -0.2) is 0 Å². The Labute approximate surface area is 84.0 Å². The molecule has 0 N–H and O–H groups in total. The van der Waals surface area contributed by atoms with Gasteiger partial charge in [0.1, 0.15) is 0 Å². The Hall–Kier alpha value is -0.590. The van der Waals surface area contributed by atoms with E-state index < -0.39 is 0 Å². The van der Waals surface area contributed by atoms with Crippen LogP contribution in [0.2, 0.25) is 0 Å². The van der Waals surface area contributed by atoms with Gasteiger partial charge in [-0.2, -0.15) is 0 Å². The predicted molar refractivity (Wildman–Crippen MR) is 63.6 cm³/mol. The first-order valence-electron chi connectivity index (χ1n) is 5.27. The Morgan fingerprint density at radius 2 is 1.54 bits per heavy atom. The first-order valence-corrected chi connectivity index (χ1v) is 5.27. The average molecular weight is 183 g/mol. The van der Waals surface area contributed by atoms with E-state index >= 15 is 0 Å². The molecule has 0 aromatic rings. The zero-order valence-electron chi connectivity index (χ0n) is 10.3. The van der Waals surface area contributed by atoms with Crippen molar-refractivity contribution in [3.05, 3.63) is 11.6 Å². The van der Waals surface area contributed by atoms with Crippen LogP contribution in [0.3, 0.4) is 0 Å². The van der Waals surface area contributed by atoms with Crippen molar-refractivity contribution in [2.45, 2.75) is 54.5 Å². The maximum atomic E-state index is 4.32. The average Bonchev–Trinajstić information content (AvgIpc) is 2.08. The zero-order valence-corrected chi connectivity index (χ0v) is 10.3. The molecule has 78 valence electrons. The molecule has 0 spiro atoms. The minimum absolute atomic E-state index is 0.406. The summed E-state index contributed by atoms with van der Waals surface area (Å²) in [6.07, 6.45) is 4.10. The highest BCUT2D eigenvalue weighted by molar-refractivity contribution is 5.78. The molecule has 0 aliphatic rings. The Balaban J connectivity index is 0.